The molecule has 1 atom stereocenters. The Bertz CT molecular complexity index is 2900. The van der Waals surface area contributed by atoms with Crippen LogP contribution in [0, 0.1) is 20.8 Å². The van der Waals surface area contributed by atoms with E-state index in [9.17, 15) is 0 Å². The fourth-order valence-corrected chi connectivity index (χ4v) is 22.1. The zero-order valence-electron chi connectivity index (χ0n) is 31.4. The molecular formula is C52H37GeNO2. The van der Waals surface area contributed by atoms with Gasteiger partial charge in [0.15, 0.2) is 0 Å². The molecule has 0 N–H and O–H groups in total. The van der Waals surface area contributed by atoms with Gasteiger partial charge in [-0.1, -0.05) is 0 Å². The van der Waals surface area contributed by atoms with Crippen molar-refractivity contribution in [3.63, 3.8) is 0 Å². The number of hydrogen-bond donors (Lipinski definition) is 0. The van der Waals surface area contributed by atoms with Gasteiger partial charge in [0.25, 0.3) is 0 Å². The Morgan fingerprint density at radius 2 is 1.00 bits per heavy atom. The van der Waals surface area contributed by atoms with Crippen LogP contribution in [0.4, 0.5) is 17.1 Å². The SMILES string of the molecule is Cc1ccc(N2c3cc(C)cc4[c]3[Ge]3([c]5ccccc5)[c]5c(cc(C)cc5Oc5cc6c(c2[c]53)-c2ccccc2C6(c2ccccc2)c2ccccc2)O4)cc1. The molecule has 0 radical (unpaired) electrons. The number of ether oxygens (including phenoxy) is 2. The number of anilines is 3. The molecule has 0 saturated carbocycles. The average Bonchev–Trinajstić information content (AvgIpc) is 3.52. The van der Waals surface area contributed by atoms with Crippen molar-refractivity contribution in [2.24, 2.45) is 0 Å². The fraction of sp³-hybridized carbons (Fsp3) is 0.0769. The van der Waals surface area contributed by atoms with Crippen LogP contribution in [0.15, 0.2) is 170 Å². The monoisotopic (exact) mass is 781 g/mol. The van der Waals surface area contributed by atoms with Crippen LogP contribution in [-0.2, 0) is 5.41 Å². The average molecular weight is 780 g/mol. The summed E-state index contributed by atoms with van der Waals surface area (Å²) in [6, 6.07) is 63.3. The van der Waals surface area contributed by atoms with Crippen molar-refractivity contribution in [2.75, 3.05) is 4.90 Å². The van der Waals surface area contributed by atoms with Crippen molar-refractivity contribution < 1.29 is 9.47 Å². The summed E-state index contributed by atoms with van der Waals surface area (Å²) in [6.07, 6.45) is 0. The van der Waals surface area contributed by atoms with E-state index >= 15 is 0 Å². The molecule has 0 aromatic heterocycles. The van der Waals surface area contributed by atoms with Crippen LogP contribution in [0.3, 0.4) is 0 Å². The third-order valence-corrected chi connectivity index (χ3v) is 23.0. The zero-order chi connectivity index (χ0) is 37.3. The summed E-state index contributed by atoms with van der Waals surface area (Å²) in [6.45, 7) is 6.52. The second kappa shape index (κ2) is 11.4. The normalized spacial score (nSPS) is 16.9. The van der Waals surface area contributed by atoms with Crippen LogP contribution >= 0.6 is 0 Å². The third kappa shape index (κ3) is 3.93. The maximum absolute atomic E-state index is 7.43. The van der Waals surface area contributed by atoms with Crippen molar-refractivity contribution in [1.82, 2.24) is 0 Å². The summed E-state index contributed by atoms with van der Waals surface area (Å²) in [7, 11) is 0. The summed E-state index contributed by atoms with van der Waals surface area (Å²) < 4.78 is 19.8. The molecule has 8 aromatic carbocycles. The Morgan fingerprint density at radius 1 is 0.464 bits per heavy atom. The number of hydrogen-bond acceptors (Lipinski definition) is 3. The molecular weight excluding hydrogens is 743 g/mol. The minimum absolute atomic E-state index is 0.596. The van der Waals surface area contributed by atoms with E-state index in [1.54, 1.807) is 0 Å². The molecule has 3 heterocycles. The summed E-state index contributed by atoms with van der Waals surface area (Å²) in [5.74, 6) is 3.76. The van der Waals surface area contributed by atoms with E-state index in [-0.39, 0.29) is 0 Å². The molecule has 8 aromatic rings. The summed E-state index contributed by atoms with van der Waals surface area (Å²) in [5, 5.41) is 0. The van der Waals surface area contributed by atoms with E-state index in [4.69, 9.17) is 9.47 Å². The third-order valence-electron chi connectivity index (χ3n) is 12.6. The van der Waals surface area contributed by atoms with Crippen LogP contribution in [-0.4, -0.2) is 13.3 Å². The number of fused-ring (bicyclic) bond motifs is 4. The Morgan fingerprint density at radius 3 is 1.64 bits per heavy atom. The van der Waals surface area contributed by atoms with Gasteiger partial charge in [-0.25, -0.2) is 0 Å². The fourth-order valence-electron chi connectivity index (χ4n) is 10.7. The van der Waals surface area contributed by atoms with E-state index in [1.165, 1.54) is 73.5 Å². The van der Waals surface area contributed by atoms with Crippen LogP contribution in [0.2, 0.25) is 0 Å². The van der Waals surface area contributed by atoms with Crippen LogP contribution in [0.5, 0.6) is 23.0 Å². The van der Waals surface area contributed by atoms with Gasteiger partial charge in [0.05, 0.1) is 0 Å². The van der Waals surface area contributed by atoms with Gasteiger partial charge in [-0.15, -0.1) is 0 Å². The van der Waals surface area contributed by atoms with E-state index in [2.05, 4.69) is 196 Å². The predicted molar refractivity (Wildman–Crippen MR) is 230 cm³/mol. The molecule has 0 spiro atoms. The van der Waals surface area contributed by atoms with Crippen molar-refractivity contribution in [3.8, 4) is 34.1 Å². The van der Waals surface area contributed by atoms with Crippen LogP contribution < -0.4 is 32.0 Å². The van der Waals surface area contributed by atoms with E-state index < -0.39 is 18.7 Å². The van der Waals surface area contributed by atoms with E-state index in [0.717, 1.165) is 34.2 Å². The summed E-state index contributed by atoms with van der Waals surface area (Å²) >= 11 is -3.96. The Labute approximate surface area is 329 Å². The van der Waals surface area contributed by atoms with E-state index in [1.807, 2.05) is 0 Å². The number of rotatable bonds is 4. The molecule has 3 aliphatic heterocycles. The van der Waals surface area contributed by atoms with Gasteiger partial charge in [0.1, 0.15) is 0 Å². The number of benzene rings is 8. The van der Waals surface area contributed by atoms with Crippen LogP contribution in [0.25, 0.3) is 11.1 Å². The Balaban J connectivity index is 1.35. The van der Waals surface area contributed by atoms with Crippen molar-refractivity contribution >= 4 is 47.9 Å². The molecule has 3 nitrogen and oxygen atoms in total. The molecule has 4 aliphatic rings. The first-order chi connectivity index (χ1) is 27.5. The van der Waals surface area contributed by atoms with Gasteiger partial charge in [0, 0.05) is 0 Å². The molecule has 0 amide bonds. The van der Waals surface area contributed by atoms with E-state index in [0.29, 0.717) is 0 Å². The maximum atomic E-state index is 7.43. The van der Waals surface area contributed by atoms with Gasteiger partial charge >= 0.3 is 331 Å². The number of aryl methyl sites for hydroxylation is 3. The van der Waals surface area contributed by atoms with Crippen molar-refractivity contribution in [1.29, 1.82) is 0 Å². The van der Waals surface area contributed by atoms with Crippen molar-refractivity contribution in [2.45, 2.75) is 26.2 Å². The second-order valence-electron chi connectivity index (χ2n) is 15.8. The Hall–Kier alpha value is -6.30. The number of nitrogens with zero attached hydrogens (tertiary/aromatic N) is 1. The molecule has 0 fully saturated rings. The topological polar surface area (TPSA) is 21.7 Å². The molecule has 56 heavy (non-hydrogen) atoms. The summed E-state index contributed by atoms with van der Waals surface area (Å²) in [5.41, 5.74) is 14.0. The molecule has 0 bridgehead atoms. The molecule has 4 heteroatoms. The van der Waals surface area contributed by atoms with Gasteiger partial charge in [-0.3, -0.25) is 0 Å². The first kappa shape index (κ1) is 32.0. The molecule has 12 rings (SSSR count). The van der Waals surface area contributed by atoms with Gasteiger partial charge in [-0.05, 0) is 0 Å². The molecule has 266 valence electrons. The first-order valence-corrected chi connectivity index (χ1v) is 23.7. The summed E-state index contributed by atoms with van der Waals surface area (Å²) in [4.78, 5) is 2.56. The first-order valence-electron chi connectivity index (χ1n) is 19.5. The standard InChI is InChI=1S/C52H37GeNO2/c1-32-23-25-38(26-24-32)54-42-27-33(2)28-43-48(42)53(37-19-11-6-12-20-37)49-44(55-43)29-34(3)30-45(49)56-46-31-41-47(51(54)50(46)53)39-21-13-14-22-40(39)52(41,35-15-7-4-8-16-35)36-17-9-5-10-18-36/h4-31H,1-3H3. The Kier molecular flexibility index (Phi) is 6.50. The minimum atomic E-state index is -3.96. The van der Waals surface area contributed by atoms with Crippen molar-refractivity contribution in [3.05, 3.63) is 209 Å². The molecule has 1 aliphatic carbocycles. The second-order valence-corrected chi connectivity index (χ2v) is 23.3. The quantitative estimate of drug-likeness (QED) is 0.166. The van der Waals surface area contributed by atoms with Gasteiger partial charge in [0.2, 0.25) is 0 Å². The molecule has 1 unspecified atom stereocenters. The predicted octanol–water partition coefficient (Wildman–Crippen LogP) is 10.3. The van der Waals surface area contributed by atoms with Gasteiger partial charge in [-0.2, -0.15) is 0 Å². The van der Waals surface area contributed by atoms with Crippen LogP contribution in [0.1, 0.15) is 38.9 Å². The molecule has 0 saturated heterocycles. The van der Waals surface area contributed by atoms with Gasteiger partial charge < -0.3 is 0 Å². The zero-order valence-corrected chi connectivity index (χ0v) is 33.5.